The van der Waals surface area contributed by atoms with Gasteiger partial charge < -0.3 is 35.7 Å². The number of aliphatic hydroxyl groups is 2. The van der Waals surface area contributed by atoms with E-state index in [9.17, 15) is 10.2 Å². The highest BCUT2D eigenvalue weighted by molar-refractivity contribution is 9.10. The van der Waals surface area contributed by atoms with Gasteiger partial charge in [-0.1, -0.05) is 11.2 Å². The van der Waals surface area contributed by atoms with Gasteiger partial charge in [-0.3, -0.25) is 0 Å². The molecule has 0 radical (unpaired) electrons. The molecule has 4 aromatic rings. The van der Waals surface area contributed by atoms with E-state index in [-0.39, 0.29) is 12.0 Å². The predicted molar refractivity (Wildman–Crippen MR) is 128 cm³/mol. The van der Waals surface area contributed by atoms with E-state index in [1.807, 2.05) is 41.1 Å². The molecule has 0 unspecified atom stereocenters. The van der Waals surface area contributed by atoms with Gasteiger partial charge in [-0.25, -0.2) is 9.97 Å². The van der Waals surface area contributed by atoms with Crippen LogP contribution in [0, 0.1) is 5.92 Å². The Kier molecular flexibility index (Phi) is 5.69. The van der Waals surface area contributed by atoms with E-state index in [4.69, 9.17) is 10.6 Å². The number of hydrogen-bond donors (Lipinski definition) is 5. The van der Waals surface area contributed by atoms with Crippen LogP contribution in [0.2, 0.25) is 0 Å². The molecule has 0 aliphatic heterocycles. The van der Waals surface area contributed by atoms with E-state index < -0.39 is 12.2 Å². The maximum Gasteiger partial charge on any atom is 0.203 e. The van der Waals surface area contributed by atoms with Crippen LogP contribution in [-0.4, -0.2) is 55.6 Å². The summed E-state index contributed by atoms with van der Waals surface area (Å²) in [6.45, 7) is 0.501. The van der Waals surface area contributed by atoms with Gasteiger partial charge >= 0.3 is 0 Å². The Morgan fingerprint density at radius 1 is 1.30 bits per heavy atom. The summed E-state index contributed by atoms with van der Waals surface area (Å²) in [6, 6.07) is 9.36. The summed E-state index contributed by atoms with van der Waals surface area (Å²) in [5, 5.41) is 30.6. The molecule has 1 saturated carbocycles. The van der Waals surface area contributed by atoms with Crippen LogP contribution in [0.4, 0.5) is 11.5 Å². The molecule has 172 valence electrons. The van der Waals surface area contributed by atoms with E-state index in [1.165, 1.54) is 13.4 Å². The number of rotatable bonds is 5. The molecule has 0 saturated heterocycles. The second kappa shape index (κ2) is 8.65. The average Bonchev–Trinajstić information content (AvgIpc) is 3.35. The van der Waals surface area contributed by atoms with E-state index in [1.54, 1.807) is 0 Å². The van der Waals surface area contributed by atoms with Crippen molar-refractivity contribution in [2.45, 2.75) is 24.7 Å². The van der Waals surface area contributed by atoms with E-state index in [2.05, 4.69) is 41.4 Å². The normalized spacial score (nSPS) is 23.5. The van der Waals surface area contributed by atoms with Crippen molar-refractivity contribution in [1.29, 1.82) is 0 Å². The molecule has 0 spiro atoms. The first-order chi connectivity index (χ1) is 16.0. The lowest BCUT2D eigenvalue weighted by Gasteiger charge is -2.19. The molecular weight excluding hydrogens is 490 g/mol. The van der Waals surface area contributed by atoms with Crippen LogP contribution in [0.1, 0.15) is 12.5 Å². The number of pyridine rings is 1. The fourth-order valence-corrected chi connectivity index (χ4v) is 4.87. The van der Waals surface area contributed by atoms with Crippen molar-refractivity contribution in [2.24, 2.45) is 11.1 Å². The zero-order valence-electron chi connectivity index (χ0n) is 17.8. The molecule has 4 atom stereocenters. The second-order valence-corrected chi connectivity index (χ2v) is 9.03. The fraction of sp³-hybridized carbons (Fsp3) is 0.318. The van der Waals surface area contributed by atoms with Crippen LogP contribution in [0.15, 0.2) is 52.5 Å². The molecule has 6 N–H and O–H groups in total. The highest BCUT2D eigenvalue weighted by Crippen LogP contribution is 2.37. The topological polar surface area (TPSA) is 147 Å². The van der Waals surface area contributed by atoms with Crippen LogP contribution in [0.5, 0.6) is 0 Å². The minimum absolute atomic E-state index is 0.147. The summed E-state index contributed by atoms with van der Waals surface area (Å²) in [5.41, 5.74) is 8.78. The Labute approximate surface area is 197 Å². The average molecular weight is 514 g/mol. The standard InChI is InChI=1S/C22H24BrN7O3/c1-33-29-21-14-4-5-30(22(14)27-10-26-21)17-7-12(18(31)19(17)32)9-25-13-3-2-11-6-15(23)20(24)28-16(11)8-13/h2-6,8,10,12,17-19,25,31-32H,7,9H2,1H3,(H2,24,28)(H,26,27,29)/t12-,17-,18-,19+/m1/s1. The van der Waals surface area contributed by atoms with Gasteiger partial charge in [0.1, 0.15) is 24.7 Å². The fourth-order valence-electron chi connectivity index (χ4n) is 4.53. The number of nitrogens with zero attached hydrogens (tertiary/aromatic N) is 4. The molecule has 1 aromatic carbocycles. The molecule has 1 aliphatic rings. The number of hydrogen-bond acceptors (Lipinski definition) is 8. The molecule has 0 amide bonds. The summed E-state index contributed by atoms with van der Waals surface area (Å²) in [4.78, 5) is 16.6. The van der Waals surface area contributed by atoms with Crippen molar-refractivity contribution in [3.05, 3.63) is 52.8 Å². The first-order valence-corrected chi connectivity index (χ1v) is 11.3. The van der Waals surface area contributed by atoms with Gasteiger partial charge in [0.2, 0.25) is 5.49 Å². The zero-order chi connectivity index (χ0) is 23.1. The number of halogens is 1. The first kappa shape index (κ1) is 21.7. The van der Waals surface area contributed by atoms with Gasteiger partial charge in [-0.2, -0.15) is 0 Å². The maximum absolute atomic E-state index is 10.8. The van der Waals surface area contributed by atoms with E-state index >= 15 is 0 Å². The third kappa shape index (κ3) is 3.92. The van der Waals surface area contributed by atoms with Gasteiger partial charge in [0.15, 0.2) is 0 Å². The van der Waals surface area contributed by atoms with Crippen molar-refractivity contribution in [2.75, 3.05) is 24.7 Å². The van der Waals surface area contributed by atoms with Gasteiger partial charge in [0.05, 0.1) is 33.8 Å². The number of H-pyrrole nitrogens is 1. The van der Waals surface area contributed by atoms with Crippen LogP contribution in [-0.2, 0) is 4.84 Å². The number of aliphatic hydroxyl groups excluding tert-OH is 2. The lowest BCUT2D eigenvalue weighted by Crippen LogP contribution is -2.31. The van der Waals surface area contributed by atoms with Crippen molar-refractivity contribution < 1.29 is 15.1 Å². The summed E-state index contributed by atoms with van der Waals surface area (Å²) in [5.74, 6) is 0.287. The first-order valence-electron chi connectivity index (χ1n) is 10.5. The third-order valence-electron chi connectivity index (χ3n) is 6.22. The van der Waals surface area contributed by atoms with Crippen LogP contribution < -0.4 is 16.5 Å². The number of benzene rings is 1. The Morgan fingerprint density at radius 2 is 2.15 bits per heavy atom. The number of aromatic amines is 1. The molecule has 33 heavy (non-hydrogen) atoms. The summed E-state index contributed by atoms with van der Waals surface area (Å²) in [6.07, 6.45) is 2.22. The molecular formula is C22H24BrN7O3. The minimum Gasteiger partial charge on any atom is -0.397 e. The Hall–Kier alpha value is -3.15. The number of aromatic nitrogens is 4. The number of nitrogens with two attached hydrogens (primary N) is 1. The maximum atomic E-state index is 10.8. The Balaban J connectivity index is 1.35. The van der Waals surface area contributed by atoms with Crippen molar-refractivity contribution in [3.8, 4) is 0 Å². The zero-order valence-corrected chi connectivity index (χ0v) is 19.4. The highest BCUT2D eigenvalue weighted by Gasteiger charge is 2.42. The number of nitrogens with one attached hydrogen (secondary N) is 2. The van der Waals surface area contributed by atoms with E-state index in [0.717, 1.165) is 32.1 Å². The molecule has 11 heteroatoms. The summed E-state index contributed by atoms with van der Waals surface area (Å²) < 4.78 is 2.69. The van der Waals surface area contributed by atoms with E-state index in [0.29, 0.717) is 24.3 Å². The van der Waals surface area contributed by atoms with Gasteiger partial charge in [-0.05, 0) is 46.6 Å². The van der Waals surface area contributed by atoms with Gasteiger partial charge in [-0.15, -0.1) is 0 Å². The number of fused-ring (bicyclic) bond motifs is 2. The lowest BCUT2D eigenvalue weighted by molar-refractivity contribution is 0.00884. The molecule has 1 aliphatic carbocycles. The van der Waals surface area contributed by atoms with Crippen LogP contribution in [0.3, 0.4) is 0 Å². The second-order valence-electron chi connectivity index (χ2n) is 8.17. The smallest absolute Gasteiger partial charge is 0.203 e. The lowest BCUT2D eigenvalue weighted by atomic mass is 10.1. The SMILES string of the molecule is CO/N=c1\nc[nH]c2c1ccn2[C@@H]1C[C@H](CNc2ccc3cc(Br)c(N)nc3c2)[C@@H](O)[C@H]1O. The Morgan fingerprint density at radius 3 is 2.97 bits per heavy atom. The third-order valence-corrected chi connectivity index (χ3v) is 6.85. The largest absolute Gasteiger partial charge is 0.397 e. The van der Waals surface area contributed by atoms with Crippen molar-refractivity contribution in [1.82, 2.24) is 19.5 Å². The van der Waals surface area contributed by atoms with Crippen LogP contribution in [0.25, 0.3) is 21.9 Å². The molecule has 3 heterocycles. The number of anilines is 2. The minimum atomic E-state index is -0.910. The Bertz CT molecular complexity index is 1390. The quantitative estimate of drug-likeness (QED) is 0.257. The molecule has 3 aromatic heterocycles. The molecule has 1 fully saturated rings. The van der Waals surface area contributed by atoms with Crippen LogP contribution >= 0.6 is 15.9 Å². The van der Waals surface area contributed by atoms with Crippen molar-refractivity contribution in [3.63, 3.8) is 0 Å². The predicted octanol–water partition coefficient (Wildman–Crippen LogP) is 2.11. The highest BCUT2D eigenvalue weighted by atomic mass is 79.9. The summed E-state index contributed by atoms with van der Waals surface area (Å²) in [7, 11) is 1.47. The molecule has 10 nitrogen and oxygen atoms in total. The summed E-state index contributed by atoms with van der Waals surface area (Å²) >= 11 is 3.40. The number of nitrogen functional groups attached to an aromatic ring is 1. The monoisotopic (exact) mass is 513 g/mol. The molecule has 5 rings (SSSR count). The van der Waals surface area contributed by atoms with Crippen molar-refractivity contribution >= 4 is 49.4 Å². The molecule has 0 bridgehead atoms. The van der Waals surface area contributed by atoms with Gasteiger partial charge in [0.25, 0.3) is 0 Å². The van der Waals surface area contributed by atoms with Gasteiger partial charge in [0, 0.05) is 29.7 Å².